The number of carboxylic acid groups (broad SMARTS) is 1. The molecule has 3 amide bonds. The lowest BCUT2D eigenvalue weighted by molar-refractivity contribution is -0.145. The minimum atomic E-state index is -0.950. The van der Waals surface area contributed by atoms with E-state index in [-0.39, 0.29) is 5.92 Å². The zero-order chi connectivity index (χ0) is 13.2. The molecule has 1 aliphatic rings. The van der Waals surface area contributed by atoms with Crippen molar-refractivity contribution in [1.29, 1.82) is 0 Å². The Hall–Kier alpha value is -1.63. The van der Waals surface area contributed by atoms with Crippen LogP contribution in [-0.2, 0) is 9.59 Å². The maximum atomic E-state index is 11.6. The molecule has 3 atom stereocenters. The van der Waals surface area contributed by atoms with Crippen molar-refractivity contribution in [1.82, 2.24) is 10.2 Å². The highest BCUT2D eigenvalue weighted by molar-refractivity contribution is 5.96. The number of hydrogen-bond donors (Lipinski definition) is 3. The first-order chi connectivity index (χ1) is 7.84. The Bertz CT molecular complexity index is 344. The van der Waals surface area contributed by atoms with Crippen LogP contribution in [0.15, 0.2) is 0 Å². The van der Waals surface area contributed by atoms with Crippen molar-refractivity contribution in [2.75, 3.05) is 6.54 Å². The van der Waals surface area contributed by atoms with Gasteiger partial charge in [0.25, 0.3) is 0 Å². The molecule has 4 N–H and O–H groups in total. The van der Waals surface area contributed by atoms with Crippen molar-refractivity contribution in [2.24, 2.45) is 11.7 Å². The normalized spacial score (nSPS) is 26.5. The van der Waals surface area contributed by atoms with E-state index >= 15 is 0 Å². The number of imide groups is 1. The average molecular weight is 243 g/mol. The Kier molecular flexibility index (Phi) is 4.06. The van der Waals surface area contributed by atoms with Crippen LogP contribution in [0, 0.1) is 5.92 Å². The highest BCUT2D eigenvalue weighted by atomic mass is 16.4. The second kappa shape index (κ2) is 5.13. The van der Waals surface area contributed by atoms with Gasteiger partial charge in [0, 0.05) is 6.54 Å². The molecule has 1 aliphatic heterocycles. The summed E-state index contributed by atoms with van der Waals surface area (Å²) in [7, 11) is 0. The summed E-state index contributed by atoms with van der Waals surface area (Å²) in [6.07, 6.45) is 0.713. The summed E-state index contributed by atoms with van der Waals surface area (Å²) in [5.41, 5.74) is 4.85. The van der Waals surface area contributed by atoms with E-state index in [9.17, 15) is 14.4 Å². The number of hydrogen-bond acceptors (Lipinski definition) is 4. The number of nitrogens with two attached hydrogens (primary N) is 1. The van der Waals surface area contributed by atoms with E-state index < -0.39 is 30.0 Å². The fraction of sp³-hybridized carbons (Fsp3) is 0.700. The molecule has 7 heteroatoms. The summed E-state index contributed by atoms with van der Waals surface area (Å²) >= 11 is 0. The minimum Gasteiger partial charge on any atom is -0.480 e. The molecule has 17 heavy (non-hydrogen) atoms. The van der Waals surface area contributed by atoms with Crippen LogP contribution in [0.25, 0.3) is 0 Å². The zero-order valence-corrected chi connectivity index (χ0v) is 9.84. The lowest BCUT2D eigenvalue weighted by atomic mass is 10.0. The van der Waals surface area contributed by atoms with E-state index in [4.69, 9.17) is 10.8 Å². The quantitative estimate of drug-likeness (QED) is 0.610. The van der Waals surface area contributed by atoms with Crippen LogP contribution in [0.3, 0.4) is 0 Å². The number of nitrogens with zero attached hydrogens (tertiary/aromatic N) is 1. The van der Waals surface area contributed by atoms with Crippen molar-refractivity contribution < 1.29 is 19.5 Å². The first-order valence-electron chi connectivity index (χ1n) is 5.43. The van der Waals surface area contributed by atoms with Crippen LogP contribution in [0.1, 0.15) is 20.3 Å². The van der Waals surface area contributed by atoms with Gasteiger partial charge < -0.3 is 10.8 Å². The fourth-order valence-electron chi connectivity index (χ4n) is 2.17. The Labute approximate surface area is 98.9 Å². The third kappa shape index (κ3) is 2.94. The van der Waals surface area contributed by atoms with Crippen LogP contribution in [-0.4, -0.2) is 46.5 Å². The summed E-state index contributed by atoms with van der Waals surface area (Å²) in [6.45, 7) is 3.91. The van der Waals surface area contributed by atoms with Gasteiger partial charge in [-0.1, -0.05) is 6.92 Å². The first-order valence-corrected chi connectivity index (χ1v) is 5.43. The fourth-order valence-corrected chi connectivity index (χ4v) is 2.17. The molecule has 3 unspecified atom stereocenters. The van der Waals surface area contributed by atoms with E-state index in [1.807, 2.05) is 12.2 Å². The maximum absolute atomic E-state index is 11.6. The maximum Gasteiger partial charge on any atom is 0.321 e. The summed E-state index contributed by atoms with van der Waals surface area (Å²) < 4.78 is 0. The van der Waals surface area contributed by atoms with E-state index in [1.165, 1.54) is 0 Å². The van der Waals surface area contributed by atoms with Gasteiger partial charge in [-0.25, -0.2) is 4.79 Å². The Morgan fingerprint density at radius 1 is 1.47 bits per heavy atom. The average Bonchev–Trinajstić information content (AvgIpc) is 2.57. The van der Waals surface area contributed by atoms with Crippen LogP contribution in [0.4, 0.5) is 4.79 Å². The topological polar surface area (TPSA) is 113 Å². The summed E-state index contributed by atoms with van der Waals surface area (Å²) in [6, 6.07) is -2.31. The van der Waals surface area contributed by atoms with Crippen LogP contribution in [0.5, 0.6) is 0 Å². The molecule has 0 aromatic carbocycles. The zero-order valence-electron chi connectivity index (χ0n) is 9.84. The second-order valence-electron chi connectivity index (χ2n) is 4.32. The monoisotopic (exact) mass is 243 g/mol. The van der Waals surface area contributed by atoms with Gasteiger partial charge in [-0.05, 0) is 19.3 Å². The van der Waals surface area contributed by atoms with E-state index in [0.717, 1.165) is 0 Å². The molecule has 0 aromatic heterocycles. The Morgan fingerprint density at radius 3 is 2.53 bits per heavy atom. The summed E-state index contributed by atoms with van der Waals surface area (Å²) in [4.78, 5) is 34.8. The molecule has 1 fully saturated rings. The van der Waals surface area contributed by atoms with E-state index in [2.05, 4.69) is 0 Å². The van der Waals surface area contributed by atoms with Crippen molar-refractivity contribution >= 4 is 17.9 Å². The van der Waals surface area contributed by atoms with Gasteiger partial charge in [0.2, 0.25) is 5.91 Å². The van der Waals surface area contributed by atoms with Crippen molar-refractivity contribution in [3.63, 3.8) is 0 Å². The van der Waals surface area contributed by atoms with Gasteiger partial charge >= 0.3 is 12.0 Å². The molecule has 1 rings (SSSR count). The SMILES string of the molecule is CC1CCN(C(C)C(=O)NC(N)=O)C1C(=O)O. The smallest absolute Gasteiger partial charge is 0.321 e. The molecule has 0 radical (unpaired) electrons. The minimum absolute atomic E-state index is 0.0173. The summed E-state index contributed by atoms with van der Waals surface area (Å²) in [5, 5.41) is 11.1. The Morgan fingerprint density at radius 2 is 2.06 bits per heavy atom. The third-order valence-corrected chi connectivity index (χ3v) is 3.12. The molecular weight excluding hydrogens is 226 g/mol. The second-order valence-corrected chi connectivity index (χ2v) is 4.32. The lowest BCUT2D eigenvalue weighted by Gasteiger charge is -2.28. The molecule has 1 saturated heterocycles. The van der Waals surface area contributed by atoms with Crippen molar-refractivity contribution in [2.45, 2.75) is 32.4 Å². The van der Waals surface area contributed by atoms with E-state index in [1.54, 1.807) is 11.8 Å². The number of primary amides is 1. The number of rotatable bonds is 3. The molecule has 7 nitrogen and oxygen atoms in total. The molecule has 0 aliphatic carbocycles. The third-order valence-electron chi connectivity index (χ3n) is 3.12. The number of aliphatic carboxylic acids is 1. The van der Waals surface area contributed by atoms with Crippen LogP contribution >= 0.6 is 0 Å². The summed E-state index contributed by atoms with van der Waals surface area (Å²) in [5.74, 6) is -1.54. The number of carbonyl (C=O) groups is 3. The molecule has 0 saturated carbocycles. The molecule has 0 aromatic rings. The largest absolute Gasteiger partial charge is 0.480 e. The molecule has 1 heterocycles. The Balaban J connectivity index is 2.74. The highest BCUT2D eigenvalue weighted by Crippen LogP contribution is 2.26. The predicted molar refractivity (Wildman–Crippen MR) is 59.1 cm³/mol. The number of nitrogens with one attached hydrogen (secondary N) is 1. The van der Waals surface area contributed by atoms with Gasteiger partial charge in [-0.3, -0.25) is 19.8 Å². The van der Waals surface area contributed by atoms with Crippen molar-refractivity contribution in [3.05, 3.63) is 0 Å². The molecule has 0 bridgehead atoms. The number of urea groups is 1. The molecule has 96 valence electrons. The van der Waals surface area contributed by atoms with Crippen molar-refractivity contribution in [3.8, 4) is 0 Å². The lowest BCUT2D eigenvalue weighted by Crippen LogP contribution is -2.52. The van der Waals surface area contributed by atoms with Gasteiger partial charge in [0.05, 0.1) is 6.04 Å². The van der Waals surface area contributed by atoms with Gasteiger partial charge in [-0.2, -0.15) is 0 Å². The molecular formula is C10H17N3O4. The number of carboxylic acids is 1. The van der Waals surface area contributed by atoms with Gasteiger partial charge in [0.15, 0.2) is 0 Å². The van der Waals surface area contributed by atoms with Crippen LogP contribution < -0.4 is 11.1 Å². The number of carbonyl (C=O) groups excluding carboxylic acids is 2. The number of amides is 3. The standard InChI is InChI=1S/C10H17N3O4/c1-5-3-4-13(7(5)9(15)16)6(2)8(14)12-10(11)17/h5-7H,3-4H2,1-2H3,(H,15,16)(H3,11,12,14,17). The van der Waals surface area contributed by atoms with E-state index in [0.29, 0.717) is 13.0 Å². The molecule has 0 spiro atoms. The highest BCUT2D eigenvalue weighted by Gasteiger charge is 2.41. The first kappa shape index (κ1) is 13.4. The predicted octanol–water partition coefficient (Wildman–Crippen LogP) is -0.635. The number of likely N-dealkylation sites (tertiary alicyclic amines) is 1. The van der Waals surface area contributed by atoms with Crippen LogP contribution in [0.2, 0.25) is 0 Å². The van der Waals surface area contributed by atoms with Gasteiger partial charge in [-0.15, -0.1) is 0 Å². The van der Waals surface area contributed by atoms with Gasteiger partial charge in [0.1, 0.15) is 6.04 Å².